The van der Waals surface area contributed by atoms with Crippen molar-refractivity contribution in [3.63, 3.8) is 0 Å². The van der Waals surface area contributed by atoms with Crippen molar-refractivity contribution in [3.05, 3.63) is 58.6 Å². The highest BCUT2D eigenvalue weighted by atomic mass is 16.3. The fraction of sp³-hybridized carbons (Fsp3) is 0.250. The molecular weight excluding hydrogens is 250 g/mol. The normalized spacial score (nSPS) is 11.7. The van der Waals surface area contributed by atoms with Gasteiger partial charge in [0.15, 0.2) is 0 Å². The molecule has 0 saturated carbocycles. The first-order valence-electron chi connectivity index (χ1n) is 6.21. The molecule has 0 unspecified atom stereocenters. The third-order valence-electron chi connectivity index (χ3n) is 2.89. The topological polar surface area (TPSA) is 51.6 Å². The van der Waals surface area contributed by atoms with Gasteiger partial charge in [0.25, 0.3) is 5.70 Å². The smallest absolute Gasteiger partial charge is 0.264 e. The average molecular weight is 267 g/mol. The third-order valence-corrected chi connectivity index (χ3v) is 2.89. The van der Waals surface area contributed by atoms with E-state index in [2.05, 4.69) is 4.85 Å². The van der Waals surface area contributed by atoms with Crippen LogP contribution in [0.3, 0.4) is 0 Å². The molecule has 0 saturated heterocycles. The minimum atomic E-state index is 0.112. The van der Waals surface area contributed by atoms with Crippen molar-refractivity contribution in [2.45, 2.75) is 6.92 Å². The molecule has 0 aliphatic carbocycles. The molecule has 0 aliphatic rings. The lowest BCUT2D eigenvalue weighted by atomic mass is 10.1. The number of aliphatic hydroxyl groups excluding tert-OH is 1. The van der Waals surface area contributed by atoms with Crippen LogP contribution in [0.4, 0.5) is 5.69 Å². The molecule has 0 aliphatic heterocycles. The van der Waals surface area contributed by atoms with E-state index in [0.29, 0.717) is 12.1 Å². The quantitative estimate of drug-likeness (QED) is 0.507. The summed E-state index contributed by atoms with van der Waals surface area (Å²) < 4.78 is 0. The molecule has 0 bridgehead atoms. The van der Waals surface area contributed by atoms with E-state index in [1.807, 2.05) is 48.4 Å². The first kappa shape index (κ1) is 15.5. The van der Waals surface area contributed by atoms with E-state index in [4.69, 9.17) is 16.9 Å². The van der Waals surface area contributed by atoms with Crippen molar-refractivity contribution in [1.82, 2.24) is 0 Å². The van der Waals surface area contributed by atoms with Crippen LogP contribution >= 0.6 is 0 Å². The number of hydrogen-bond acceptors (Lipinski definition) is 3. The van der Waals surface area contributed by atoms with E-state index < -0.39 is 0 Å². The van der Waals surface area contributed by atoms with Crippen LogP contribution in [0, 0.1) is 17.9 Å². The fourth-order valence-corrected chi connectivity index (χ4v) is 1.62. The highest BCUT2D eigenvalue weighted by molar-refractivity contribution is 5.58. The van der Waals surface area contributed by atoms with Gasteiger partial charge in [-0.1, -0.05) is 24.3 Å². The monoisotopic (exact) mass is 267 g/mol. The molecule has 0 atom stereocenters. The molecule has 0 heterocycles. The molecule has 4 nitrogen and oxygen atoms in total. The van der Waals surface area contributed by atoms with Gasteiger partial charge in [-0.05, 0) is 30.2 Å². The second kappa shape index (κ2) is 7.78. The summed E-state index contributed by atoms with van der Waals surface area (Å²) >= 11 is 0. The molecule has 102 valence electrons. The van der Waals surface area contributed by atoms with Crippen molar-refractivity contribution < 1.29 is 5.11 Å². The minimum Gasteiger partial charge on any atom is -0.395 e. The lowest BCUT2D eigenvalue weighted by Crippen LogP contribution is -2.20. The lowest BCUT2D eigenvalue weighted by molar-refractivity contribution is 0.304. The SMILES string of the molecule is [C-]#[N+]/C(C#N)=C(C)\C=C\c1ccc(N(C)CCO)cc1. The summed E-state index contributed by atoms with van der Waals surface area (Å²) in [6, 6.07) is 9.71. The third kappa shape index (κ3) is 4.28. The summed E-state index contributed by atoms with van der Waals surface area (Å²) in [5.41, 5.74) is 2.79. The maximum Gasteiger partial charge on any atom is 0.264 e. The van der Waals surface area contributed by atoms with Crippen molar-refractivity contribution in [3.8, 4) is 6.07 Å². The molecular formula is C16H17N3O. The fourth-order valence-electron chi connectivity index (χ4n) is 1.62. The van der Waals surface area contributed by atoms with Gasteiger partial charge in [0.1, 0.15) is 0 Å². The molecule has 1 aromatic carbocycles. The van der Waals surface area contributed by atoms with Crippen LogP contribution < -0.4 is 4.90 Å². The summed E-state index contributed by atoms with van der Waals surface area (Å²) in [4.78, 5) is 5.13. The Morgan fingerprint density at radius 1 is 1.45 bits per heavy atom. The van der Waals surface area contributed by atoms with E-state index in [1.165, 1.54) is 0 Å². The van der Waals surface area contributed by atoms with Crippen molar-refractivity contribution in [2.75, 3.05) is 25.1 Å². The van der Waals surface area contributed by atoms with Crippen molar-refractivity contribution in [2.24, 2.45) is 0 Å². The average Bonchev–Trinajstić information content (AvgIpc) is 2.47. The number of allylic oxidation sites excluding steroid dienone is 3. The zero-order chi connectivity index (χ0) is 15.0. The van der Waals surface area contributed by atoms with Crippen molar-refractivity contribution >= 4 is 11.8 Å². The van der Waals surface area contributed by atoms with Crippen LogP contribution in [0.25, 0.3) is 10.9 Å². The first-order chi connectivity index (χ1) is 9.62. The number of benzene rings is 1. The summed E-state index contributed by atoms with van der Waals surface area (Å²) in [7, 11) is 1.92. The van der Waals surface area contributed by atoms with E-state index >= 15 is 0 Å². The Hall–Kier alpha value is -2.56. The van der Waals surface area contributed by atoms with E-state index in [9.17, 15) is 0 Å². The molecule has 4 heteroatoms. The van der Waals surface area contributed by atoms with Crippen LogP contribution in [0.1, 0.15) is 12.5 Å². The predicted molar refractivity (Wildman–Crippen MR) is 80.7 cm³/mol. The van der Waals surface area contributed by atoms with Crippen molar-refractivity contribution in [1.29, 1.82) is 5.26 Å². The highest BCUT2D eigenvalue weighted by Gasteiger charge is 1.99. The molecule has 1 aromatic rings. The minimum absolute atomic E-state index is 0.112. The Morgan fingerprint density at radius 2 is 2.10 bits per heavy atom. The molecule has 0 radical (unpaired) electrons. The highest BCUT2D eigenvalue weighted by Crippen LogP contribution is 2.15. The molecule has 0 aromatic heterocycles. The number of anilines is 1. The Kier molecular flexibility index (Phi) is 6.03. The van der Waals surface area contributed by atoms with Gasteiger partial charge in [-0.3, -0.25) is 0 Å². The number of likely N-dealkylation sites (N-methyl/N-ethyl adjacent to an activating group) is 1. The van der Waals surface area contributed by atoms with Crippen LogP contribution in [-0.4, -0.2) is 25.3 Å². The van der Waals surface area contributed by atoms with Gasteiger partial charge in [-0.2, -0.15) is 0 Å². The lowest BCUT2D eigenvalue weighted by Gasteiger charge is -2.17. The zero-order valence-electron chi connectivity index (χ0n) is 11.7. The molecule has 20 heavy (non-hydrogen) atoms. The Balaban J connectivity index is 2.84. The molecule has 0 spiro atoms. The Bertz CT molecular complexity index is 570. The number of hydrogen-bond donors (Lipinski definition) is 1. The van der Waals surface area contributed by atoms with E-state index in [-0.39, 0.29) is 12.3 Å². The van der Waals surface area contributed by atoms with Crippen LogP contribution in [-0.2, 0) is 0 Å². The molecule has 1 rings (SSSR count). The van der Waals surface area contributed by atoms with Gasteiger partial charge in [0.05, 0.1) is 19.2 Å². The van der Waals surface area contributed by atoms with Crippen LogP contribution in [0.15, 0.2) is 41.6 Å². The number of nitriles is 1. The van der Waals surface area contributed by atoms with Gasteiger partial charge in [-0.15, -0.1) is 0 Å². The predicted octanol–water partition coefficient (Wildman–Crippen LogP) is 2.85. The number of nitrogens with zero attached hydrogens (tertiary/aromatic N) is 3. The molecule has 1 N–H and O–H groups in total. The van der Waals surface area contributed by atoms with E-state index in [0.717, 1.165) is 11.3 Å². The van der Waals surface area contributed by atoms with Gasteiger partial charge in [-0.25, -0.2) is 10.1 Å². The summed E-state index contributed by atoms with van der Waals surface area (Å²) in [6.07, 6.45) is 3.64. The molecule has 0 amide bonds. The van der Waals surface area contributed by atoms with Crippen LogP contribution in [0.2, 0.25) is 0 Å². The van der Waals surface area contributed by atoms with Gasteiger partial charge in [0, 0.05) is 19.3 Å². The molecule has 0 fully saturated rings. The van der Waals surface area contributed by atoms with Gasteiger partial charge < -0.3 is 10.0 Å². The second-order valence-electron chi connectivity index (χ2n) is 4.33. The summed E-state index contributed by atoms with van der Waals surface area (Å²) in [5, 5.41) is 17.6. The largest absolute Gasteiger partial charge is 0.395 e. The standard InChI is InChI=1S/C16H17N3O/c1-13(16(12-17)18-2)4-5-14-6-8-15(9-7-14)19(3)10-11-20/h4-9,20H,10-11H2,1,3H3/b5-4+,16-13-. The Labute approximate surface area is 119 Å². The van der Waals surface area contributed by atoms with Gasteiger partial charge >= 0.3 is 0 Å². The first-order valence-corrected chi connectivity index (χ1v) is 6.21. The van der Waals surface area contributed by atoms with Crippen LogP contribution in [0.5, 0.6) is 0 Å². The summed E-state index contributed by atoms with van der Waals surface area (Å²) in [6.45, 7) is 9.33. The number of rotatable bonds is 5. The van der Waals surface area contributed by atoms with E-state index in [1.54, 1.807) is 13.0 Å². The maximum absolute atomic E-state index is 8.89. The number of aliphatic hydroxyl groups is 1. The maximum atomic E-state index is 8.89. The second-order valence-corrected chi connectivity index (χ2v) is 4.33. The Morgan fingerprint density at radius 3 is 2.60 bits per heavy atom. The van der Waals surface area contributed by atoms with Gasteiger partial charge in [0.2, 0.25) is 0 Å². The zero-order valence-corrected chi connectivity index (χ0v) is 11.7. The summed E-state index contributed by atoms with van der Waals surface area (Å²) in [5.74, 6) is 0.